The Kier molecular flexibility index (Phi) is 7.24. The summed E-state index contributed by atoms with van der Waals surface area (Å²) in [6, 6.07) is 13.1. The largest absolute Gasteiger partial charge is 0.489 e. The van der Waals surface area contributed by atoms with Crippen LogP contribution < -0.4 is 4.74 Å². The third-order valence-electron chi connectivity index (χ3n) is 5.24. The predicted molar refractivity (Wildman–Crippen MR) is 124 cm³/mol. The zero-order valence-electron chi connectivity index (χ0n) is 18.0. The summed E-state index contributed by atoms with van der Waals surface area (Å²) in [4.78, 5) is 50.6. The number of amides is 3. The van der Waals surface area contributed by atoms with Crippen LogP contribution in [0.15, 0.2) is 53.4 Å². The summed E-state index contributed by atoms with van der Waals surface area (Å²) in [7, 11) is 0. The second-order valence-electron chi connectivity index (χ2n) is 7.55. The molecule has 2 aliphatic rings. The molecule has 11 heteroatoms. The third kappa shape index (κ3) is 5.61. The van der Waals surface area contributed by atoms with Gasteiger partial charge in [-0.3, -0.25) is 29.4 Å². The Bertz CT molecular complexity index is 1140. The lowest BCUT2D eigenvalue weighted by Crippen LogP contribution is -2.46. The highest BCUT2D eigenvalue weighted by Gasteiger charge is 2.37. The molecule has 0 spiro atoms. The number of nitro groups is 1. The van der Waals surface area contributed by atoms with E-state index in [9.17, 15) is 24.5 Å². The van der Waals surface area contributed by atoms with Crippen LogP contribution in [0.5, 0.6) is 5.75 Å². The Morgan fingerprint density at radius 2 is 1.88 bits per heavy atom. The smallest absolute Gasteiger partial charge is 0.294 e. The summed E-state index contributed by atoms with van der Waals surface area (Å²) in [5.74, 6) is -0.254. The fourth-order valence-corrected chi connectivity index (χ4v) is 4.25. The molecule has 0 aliphatic carbocycles. The van der Waals surface area contributed by atoms with Gasteiger partial charge in [-0.1, -0.05) is 12.1 Å². The van der Waals surface area contributed by atoms with Crippen molar-refractivity contribution in [2.45, 2.75) is 6.61 Å². The van der Waals surface area contributed by atoms with Gasteiger partial charge in [0.2, 0.25) is 5.91 Å². The zero-order valence-corrected chi connectivity index (χ0v) is 18.9. The topological polar surface area (TPSA) is 119 Å². The molecular formula is C23H21N3O7S. The highest BCUT2D eigenvalue weighted by atomic mass is 32.2. The summed E-state index contributed by atoms with van der Waals surface area (Å²) in [6.45, 7) is 1.68. The van der Waals surface area contributed by atoms with Crippen molar-refractivity contribution in [1.29, 1.82) is 0 Å². The van der Waals surface area contributed by atoms with E-state index in [4.69, 9.17) is 9.47 Å². The van der Waals surface area contributed by atoms with Gasteiger partial charge in [0.25, 0.3) is 16.8 Å². The van der Waals surface area contributed by atoms with Crippen molar-refractivity contribution in [1.82, 2.24) is 9.80 Å². The number of nitro benzene ring substituents is 1. The molecule has 176 valence electrons. The van der Waals surface area contributed by atoms with Gasteiger partial charge in [-0.2, -0.15) is 0 Å². The van der Waals surface area contributed by atoms with E-state index in [2.05, 4.69) is 0 Å². The first-order valence-corrected chi connectivity index (χ1v) is 11.3. The fourth-order valence-electron chi connectivity index (χ4n) is 3.41. The number of thioether (sulfide) groups is 1. The maximum atomic E-state index is 12.8. The van der Waals surface area contributed by atoms with E-state index < -0.39 is 16.1 Å². The van der Waals surface area contributed by atoms with E-state index in [0.29, 0.717) is 37.6 Å². The number of hydrogen-bond donors (Lipinski definition) is 0. The summed E-state index contributed by atoms with van der Waals surface area (Å²) < 4.78 is 11.0. The van der Waals surface area contributed by atoms with Gasteiger partial charge in [0.15, 0.2) is 0 Å². The Balaban J connectivity index is 1.39. The van der Waals surface area contributed by atoms with Crippen LogP contribution >= 0.6 is 11.8 Å². The van der Waals surface area contributed by atoms with Crippen molar-refractivity contribution < 1.29 is 28.8 Å². The first kappa shape index (κ1) is 23.5. The highest BCUT2D eigenvalue weighted by molar-refractivity contribution is 8.18. The summed E-state index contributed by atoms with van der Waals surface area (Å²) in [5, 5.41) is 10.3. The normalized spacial score (nSPS) is 17.4. The molecule has 2 aliphatic heterocycles. The molecule has 0 saturated carbocycles. The number of ether oxygens (including phenoxy) is 2. The third-order valence-corrected chi connectivity index (χ3v) is 6.15. The van der Waals surface area contributed by atoms with E-state index in [1.54, 1.807) is 47.4 Å². The second kappa shape index (κ2) is 10.5. The van der Waals surface area contributed by atoms with Crippen molar-refractivity contribution in [3.63, 3.8) is 0 Å². The second-order valence-corrected chi connectivity index (χ2v) is 8.54. The maximum Gasteiger partial charge on any atom is 0.294 e. The Hall–Kier alpha value is -3.70. The molecular weight excluding hydrogens is 462 g/mol. The number of carbonyl (C=O) groups is 3. The van der Waals surface area contributed by atoms with E-state index in [-0.39, 0.29) is 29.7 Å². The van der Waals surface area contributed by atoms with E-state index >= 15 is 0 Å². The monoisotopic (exact) mass is 483 g/mol. The molecule has 0 unspecified atom stereocenters. The van der Waals surface area contributed by atoms with Gasteiger partial charge in [0.05, 0.1) is 23.0 Å². The number of morpholine rings is 1. The minimum Gasteiger partial charge on any atom is -0.489 e. The van der Waals surface area contributed by atoms with Crippen molar-refractivity contribution in [3.05, 3.63) is 74.7 Å². The van der Waals surface area contributed by atoms with Gasteiger partial charge in [-0.25, -0.2) is 0 Å². The Morgan fingerprint density at radius 3 is 2.59 bits per heavy atom. The lowest BCUT2D eigenvalue weighted by molar-refractivity contribution is -0.384. The molecule has 2 aromatic carbocycles. The first-order chi connectivity index (χ1) is 16.4. The predicted octanol–water partition coefficient (Wildman–Crippen LogP) is 3.07. The lowest BCUT2D eigenvalue weighted by Gasteiger charge is -2.28. The molecule has 0 aromatic heterocycles. The van der Waals surface area contributed by atoms with Crippen LogP contribution in [-0.2, 0) is 20.9 Å². The number of nitrogens with zero attached hydrogens (tertiary/aromatic N) is 3. The van der Waals surface area contributed by atoms with Crippen molar-refractivity contribution in [2.24, 2.45) is 0 Å². The number of rotatable bonds is 7. The highest BCUT2D eigenvalue weighted by Crippen LogP contribution is 2.32. The molecule has 2 fully saturated rings. The Labute approximate surface area is 199 Å². The van der Waals surface area contributed by atoms with Crippen LogP contribution in [0.2, 0.25) is 0 Å². The van der Waals surface area contributed by atoms with Crippen LogP contribution in [-0.4, -0.2) is 64.6 Å². The average molecular weight is 484 g/mol. The summed E-state index contributed by atoms with van der Waals surface area (Å²) in [6.07, 6.45) is 1.59. The SMILES string of the molecule is O=C(CN1C(=O)S/C(=C\c2cccc(OCc3ccc([N+](=O)[O-])cc3)c2)C1=O)N1CCOCC1. The van der Waals surface area contributed by atoms with Gasteiger partial charge >= 0.3 is 0 Å². The number of carbonyl (C=O) groups excluding carboxylic acids is 3. The van der Waals surface area contributed by atoms with Gasteiger partial charge in [-0.05, 0) is 53.2 Å². The average Bonchev–Trinajstić information content (AvgIpc) is 3.11. The Morgan fingerprint density at radius 1 is 1.15 bits per heavy atom. The quantitative estimate of drug-likeness (QED) is 0.335. The van der Waals surface area contributed by atoms with Gasteiger partial charge < -0.3 is 14.4 Å². The molecule has 2 saturated heterocycles. The molecule has 0 radical (unpaired) electrons. The van der Waals surface area contributed by atoms with Crippen LogP contribution in [0.3, 0.4) is 0 Å². The van der Waals surface area contributed by atoms with Crippen LogP contribution in [0.4, 0.5) is 10.5 Å². The summed E-state index contributed by atoms with van der Waals surface area (Å²) >= 11 is 0.792. The van der Waals surface area contributed by atoms with Gasteiger partial charge in [0, 0.05) is 25.2 Å². The fraction of sp³-hybridized carbons (Fsp3) is 0.261. The van der Waals surface area contributed by atoms with E-state index in [1.807, 2.05) is 0 Å². The van der Waals surface area contributed by atoms with Gasteiger partial charge in [-0.15, -0.1) is 0 Å². The van der Waals surface area contributed by atoms with Crippen LogP contribution in [0.25, 0.3) is 6.08 Å². The van der Waals surface area contributed by atoms with Crippen molar-refractivity contribution in [2.75, 3.05) is 32.8 Å². The number of hydrogen-bond acceptors (Lipinski definition) is 8. The molecule has 3 amide bonds. The molecule has 0 bridgehead atoms. The maximum absolute atomic E-state index is 12.8. The van der Waals surface area contributed by atoms with E-state index in [0.717, 1.165) is 22.2 Å². The number of non-ortho nitro benzene ring substituents is 1. The molecule has 0 atom stereocenters. The minimum atomic E-state index is -0.506. The minimum absolute atomic E-state index is 0.00587. The molecule has 10 nitrogen and oxygen atoms in total. The van der Waals surface area contributed by atoms with Gasteiger partial charge in [0.1, 0.15) is 18.9 Å². The lowest BCUT2D eigenvalue weighted by atomic mass is 10.2. The molecule has 34 heavy (non-hydrogen) atoms. The van der Waals surface area contributed by atoms with Crippen LogP contribution in [0.1, 0.15) is 11.1 Å². The van der Waals surface area contributed by atoms with Crippen molar-refractivity contribution in [3.8, 4) is 5.75 Å². The standard InChI is InChI=1S/C23H21N3O7S/c27-21(24-8-10-32-11-9-24)14-25-22(28)20(34-23(25)29)13-17-2-1-3-19(12-17)33-15-16-4-6-18(7-5-16)26(30)31/h1-7,12-13H,8-11,14-15H2/b20-13-. The molecule has 4 rings (SSSR count). The molecule has 0 N–H and O–H groups in total. The molecule has 2 aromatic rings. The van der Waals surface area contributed by atoms with Crippen molar-refractivity contribution >= 4 is 40.6 Å². The molecule has 2 heterocycles. The first-order valence-electron chi connectivity index (χ1n) is 10.5. The zero-order chi connectivity index (χ0) is 24.1. The van der Waals surface area contributed by atoms with E-state index in [1.165, 1.54) is 12.1 Å². The number of benzene rings is 2. The van der Waals surface area contributed by atoms with Crippen LogP contribution in [0, 0.1) is 10.1 Å². The number of imide groups is 1. The summed E-state index contributed by atoms with van der Waals surface area (Å²) in [5.41, 5.74) is 1.43.